The first-order chi connectivity index (χ1) is 8.43. The van der Waals surface area contributed by atoms with Gasteiger partial charge in [0.25, 0.3) is 0 Å². The van der Waals surface area contributed by atoms with Crippen molar-refractivity contribution in [1.82, 2.24) is 15.3 Å². The topological polar surface area (TPSA) is 84.1 Å². The monoisotopic (exact) mass is 265 g/mol. The Morgan fingerprint density at radius 1 is 1.61 bits per heavy atom. The third kappa shape index (κ3) is 2.13. The molecule has 1 aromatic heterocycles. The summed E-state index contributed by atoms with van der Waals surface area (Å²) in [5.41, 5.74) is 5.37. The quantitative estimate of drug-likeness (QED) is 0.722. The molecule has 0 bridgehead atoms. The number of thiocarbonyl (C=S) groups is 1. The maximum absolute atomic E-state index is 11.9. The molecule has 1 aliphatic rings. The summed E-state index contributed by atoms with van der Waals surface area (Å²) in [6.07, 6.45) is 1.60. The Balaban J connectivity index is 2.38. The fourth-order valence-electron chi connectivity index (χ4n) is 1.87. The highest BCUT2D eigenvalue weighted by Gasteiger charge is 2.39. The third-order valence-corrected chi connectivity index (χ3v) is 3.20. The van der Waals surface area contributed by atoms with Crippen molar-refractivity contribution in [3.63, 3.8) is 0 Å². The summed E-state index contributed by atoms with van der Waals surface area (Å²) in [7, 11) is 0. The van der Waals surface area contributed by atoms with Crippen LogP contribution in [0.4, 0.5) is 5.95 Å². The number of hydrogen-bond donors (Lipinski definition) is 2. The fourth-order valence-corrected chi connectivity index (χ4v) is 1.98. The number of piperazine rings is 1. The first-order valence-electron chi connectivity index (χ1n) is 5.61. The van der Waals surface area contributed by atoms with Crippen LogP contribution in [0, 0.1) is 0 Å². The Kier molecular flexibility index (Phi) is 3.16. The molecule has 2 heterocycles. The number of nitrogens with one attached hydrogen (secondary N) is 1. The van der Waals surface area contributed by atoms with Crippen molar-refractivity contribution in [3.8, 4) is 0 Å². The Hall–Kier alpha value is -1.76. The van der Waals surface area contributed by atoms with Gasteiger partial charge in [0.2, 0.25) is 11.9 Å². The molecular weight excluding hydrogens is 250 g/mol. The number of rotatable bonds is 2. The van der Waals surface area contributed by atoms with E-state index < -0.39 is 5.54 Å². The highest BCUT2D eigenvalue weighted by molar-refractivity contribution is 7.80. The van der Waals surface area contributed by atoms with Gasteiger partial charge in [-0.15, -0.1) is 0 Å². The molecule has 6 nitrogen and oxygen atoms in total. The third-order valence-electron chi connectivity index (χ3n) is 2.99. The number of amides is 1. The van der Waals surface area contributed by atoms with Crippen molar-refractivity contribution < 1.29 is 4.79 Å². The molecule has 18 heavy (non-hydrogen) atoms. The van der Waals surface area contributed by atoms with Crippen molar-refractivity contribution in [3.05, 3.63) is 18.0 Å². The number of carbonyl (C=O) groups is 1. The van der Waals surface area contributed by atoms with Crippen LogP contribution in [-0.4, -0.2) is 39.5 Å². The molecule has 1 amide bonds. The maximum Gasteiger partial charge on any atom is 0.245 e. The minimum absolute atomic E-state index is 0.0434. The van der Waals surface area contributed by atoms with Gasteiger partial charge in [0.05, 0.1) is 0 Å². The van der Waals surface area contributed by atoms with Crippen LogP contribution in [0.2, 0.25) is 0 Å². The molecule has 1 aliphatic heterocycles. The van der Waals surface area contributed by atoms with Crippen molar-refractivity contribution in [1.29, 1.82) is 0 Å². The second-order valence-electron chi connectivity index (χ2n) is 4.57. The summed E-state index contributed by atoms with van der Waals surface area (Å²) in [6, 6.07) is 1.66. The highest BCUT2D eigenvalue weighted by Crippen LogP contribution is 2.22. The summed E-state index contributed by atoms with van der Waals surface area (Å²) in [4.78, 5) is 22.4. The lowest BCUT2D eigenvalue weighted by Gasteiger charge is -2.41. The first-order valence-corrected chi connectivity index (χ1v) is 6.02. The maximum atomic E-state index is 11.9. The van der Waals surface area contributed by atoms with Crippen LogP contribution in [0.15, 0.2) is 12.3 Å². The van der Waals surface area contributed by atoms with E-state index in [9.17, 15) is 4.79 Å². The van der Waals surface area contributed by atoms with Crippen molar-refractivity contribution >= 4 is 29.1 Å². The molecule has 0 spiro atoms. The smallest absolute Gasteiger partial charge is 0.245 e. The van der Waals surface area contributed by atoms with Crippen molar-refractivity contribution in [2.24, 2.45) is 5.73 Å². The predicted octanol–water partition coefficient (Wildman–Crippen LogP) is -0.174. The lowest BCUT2D eigenvalue weighted by Crippen LogP contribution is -2.62. The lowest BCUT2D eigenvalue weighted by molar-refractivity contribution is -0.126. The largest absolute Gasteiger partial charge is 0.388 e. The van der Waals surface area contributed by atoms with E-state index in [0.717, 1.165) is 0 Å². The van der Waals surface area contributed by atoms with Gasteiger partial charge in [0.1, 0.15) is 16.2 Å². The van der Waals surface area contributed by atoms with E-state index in [1.54, 1.807) is 12.3 Å². The molecule has 1 saturated heterocycles. The molecule has 0 unspecified atom stereocenters. The number of nitrogens with two attached hydrogens (primary N) is 1. The van der Waals surface area contributed by atoms with Gasteiger partial charge in [-0.05, 0) is 19.9 Å². The van der Waals surface area contributed by atoms with E-state index in [1.807, 2.05) is 18.7 Å². The zero-order chi connectivity index (χ0) is 13.3. The summed E-state index contributed by atoms with van der Waals surface area (Å²) in [5, 5.41) is 2.82. The van der Waals surface area contributed by atoms with Gasteiger partial charge in [-0.25, -0.2) is 9.97 Å². The van der Waals surface area contributed by atoms with Crippen LogP contribution < -0.4 is 16.0 Å². The molecule has 0 saturated carbocycles. The minimum Gasteiger partial charge on any atom is -0.388 e. The minimum atomic E-state index is -0.687. The molecule has 3 N–H and O–H groups in total. The van der Waals surface area contributed by atoms with Crippen molar-refractivity contribution in [2.45, 2.75) is 19.4 Å². The van der Waals surface area contributed by atoms with Crippen LogP contribution in [0.3, 0.4) is 0 Å². The molecule has 1 fully saturated rings. The molecule has 0 aliphatic carbocycles. The summed E-state index contributed by atoms with van der Waals surface area (Å²) < 4.78 is 0. The van der Waals surface area contributed by atoms with Gasteiger partial charge in [0, 0.05) is 19.3 Å². The normalized spacial score (nSPS) is 18.3. The van der Waals surface area contributed by atoms with Gasteiger partial charge < -0.3 is 16.0 Å². The van der Waals surface area contributed by atoms with Gasteiger partial charge in [0.15, 0.2) is 0 Å². The molecule has 7 heteroatoms. The zero-order valence-corrected chi connectivity index (χ0v) is 11.1. The number of hydrogen-bond acceptors (Lipinski definition) is 5. The van der Waals surface area contributed by atoms with Crippen LogP contribution in [0.1, 0.15) is 19.5 Å². The van der Waals surface area contributed by atoms with E-state index in [1.165, 1.54) is 0 Å². The Bertz CT molecular complexity index is 502. The first kappa shape index (κ1) is 12.7. The highest BCUT2D eigenvalue weighted by atomic mass is 32.1. The number of anilines is 1. The summed E-state index contributed by atoms with van der Waals surface area (Å²) in [6.45, 7) is 4.89. The Morgan fingerprint density at radius 2 is 2.33 bits per heavy atom. The molecule has 1 aromatic rings. The van der Waals surface area contributed by atoms with Gasteiger partial charge >= 0.3 is 0 Å². The second-order valence-corrected chi connectivity index (χ2v) is 5.01. The number of nitrogens with zero attached hydrogens (tertiary/aromatic N) is 3. The number of carbonyl (C=O) groups excluding carboxylic acids is 1. The van der Waals surface area contributed by atoms with E-state index >= 15 is 0 Å². The predicted molar refractivity (Wildman–Crippen MR) is 72.4 cm³/mol. The Labute approximate surface area is 111 Å². The Morgan fingerprint density at radius 3 is 3.00 bits per heavy atom. The average Bonchev–Trinajstić information content (AvgIpc) is 2.32. The molecule has 0 radical (unpaired) electrons. The molecule has 0 atom stereocenters. The zero-order valence-electron chi connectivity index (χ0n) is 10.3. The fraction of sp³-hybridized carbons (Fsp3) is 0.455. The van der Waals surface area contributed by atoms with Crippen LogP contribution in [0.25, 0.3) is 0 Å². The van der Waals surface area contributed by atoms with E-state index in [-0.39, 0.29) is 10.9 Å². The lowest BCUT2D eigenvalue weighted by atomic mass is 9.99. The van der Waals surface area contributed by atoms with Gasteiger partial charge in [-0.1, -0.05) is 12.2 Å². The van der Waals surface area contributed by atoms with Gasteiger partial charge in [-0.3, -0.25) is 4.79 Å². The van der Waals surface area contributed by atoms with Crippen molar-refractivity contribution in [2.75, 3.05) is 18.0 Å². The van der Waals surface area contributed by atoms with Crippen LogP contribution in [-0.2, 0) is 4.79 Å². The van der Waals surface area contributed by atoms with Gasteiger partial charge in [-0.2, -0.15) is 0 Å². The second kappa shape index (κ2) is 4.49. The van der Waals surface area contributed by atoms with E-state index in [2.05, 4.69) is 15.3 Å². The standard InChI is InChI=1S/C11H15N5OS/c1-11(2)9(17)13-5-6-16(11)10-14-4-3-7(15-10)8(12)18/h3-4H,5-6H2,1-2H3,(H2,12,18)(H,13,17). The van der Waals surface area contributed by atoms with E-state index in [4.69, 9.17) is 18.0 Å². The SMILES string of the molecule is CC1(C)C(=O)NCCN1c1nccc(C(N)=S)n1. The molecule has 2 rings (SSSR count). The molecule has 96 valence electrons. The summed E-state index contributed by atoms with van der Waals surface area (Å²) >= 11 is 4.89. The van der Waals surface area contributed by atoms with Crippen LogP contribution >= 0.6 is 12.2 Å². The number of aromatic nitrogens is 2. The van der Waals surface area contributed by atoms with E-state index in [0.29, 0.717) is 24.7 Å². The average molecular weight is 265 g/mol. The molecule has 0 aromatic carbocycles. The molecular formula is C11H15N5OS. The summed E-state index contributed by atoms with van der Waals surface area (Å²) in [5.74, 6) is 0.429. The van der Waals surface area contributed by atoms with Crippen LogP contribution in [0.5, 0.6) is 0 Å².